The lowest BCUT2D eigenvalue weighted by Gasteiger charge is -2.28. The van der Waals surface area contributed by atoms with Crippen molar-refractivity contribution in [3.63, 3.8) is 0 Å². The first-order chi connectivity index (χ1) is 24.0. The van der Waals surface area contributed by atoms with E-state index >= 15 is 0 Å². The monoisotopic (exact) mass is 729 g/mol. The molecule has 0 aliphatic rings. The molecule has 0 spiro atoms. The standard InChI is InChI=1S/C39H72NO9P/c1-5-6-7-8-9-10-11-12-13-14-15-18-21-24-27-30-38(42)46-35-37(36-48-50(44,45)47-34-32-40(2,3)4)49-39(43)31-28-25-22-19-16-17-20-23-26-29-33-41/h20,23,26,29,33,37H,5-19,21-22,24-25,27-28,30-32,34-36H2,1-4H3/b23-20-,29-26+/t37-/m1/s1. The summed E-state index contributed by atoms with van der Waals surface area (Å²) in [6, 6.07) is 0. The quantitative estimate of drug-likeness (QED) is 0.0118. The van der Waals surface area contributed by atoms with Crippen molar-refractivity contribution in [3.05, 3.63) is 24.3 Å². The second-order valence-electron chi connectivity index (χ2n) is 14.3. The lowest BCUT2D eigenvalue weighted by atomic mass is 10.0. The Morgan fingerprint density at radius 1 is 0.660 bits per heavy atom. The summed E-state index contributed by atoms with van der Waals surface area (Å²) in [6.45, 7) is 1.90. The minimum Gasteiger partial charge on any atom is -0.756 e. The summed E-state index contributed by atoms with van der Waals surface area (Å²) in [5, 5.41) is 0. The van der Waals surface area contributed by atoms with Crippen LogP contribution < -0.4 is 4.89 Å². The molecule has 1 unspecified atom stereocenters. The van der Waals surface area contributed by atoms with E-state index in [9.17, 15) is 23.8 Å². The third-order valence-corrected chi connectivity index (χ3v) is 9.30. The molecule has 0 aromatic heterocycles. The second-order valence-corrected chi connectivity index (χ2v) is 15.8. The average Bonchev–Trinajstić information content (AvgIpc) is 3.06. The van der Waals surface area contributed by atoms with Gasteiger partial charge in [-0.3, -0.25) is 18.9 Å². The first-order valence-electron chi connectivity index (χ1n) is 19.5. The van der Waals surface area contributed by atoms with Gasteiger partial charge in [0.15, 0.2) is 6.10 Å². The molecule has 0 aliphatic heterocycles. The number of quaternary nitrogens is 1. The number of unbranched alkanes of at least 4 members (excludes halogenated alkanes) is 19. The Morgan fingerprint density at radius 3 is 1.68 bits per heavy atom. The van der Waals surface area contributed by atoms with E-state index < -0.39 is 32.5 Å². The maximum absolute atomic E-state index is 12.6. The zero-order valence-electron chi connectivity index (χ0n) is 32.1. The van der Waals surface area contributed by atoms with Crippen LogP contribution in [0.4, 0.5) is 0 Å². The van der Waals surface area contributed by atoms with Gasteiger partial charge in [-0.15, -0.1) is 0 Å². The Balaban J connectivity index is 4.38. The summed E-state index contributed by atoms with van der Waals surface area (Å²) in [6.07, 6.45) is 31.2. The Kier molecular flexibility index (Phi) is 31.8. The number of phosphoric acid groups is 1. The van der Waals surface area contributed by atoms with Gasteiger partial charge >= 0.3 is 11.9 Å². The van der Waals surface area contributed by atoms with Gasteiger partial charge in [-0.05, 0) is 31.8 Å². The zero-order valence-corrected chi connectivity index (χ0v) is 33.0. The van der Waals surface area contributed by atoms with Crippen molar-refractivity contribution in [1.82, 2.24) is 0 Å². The van der Waals surface area contributed by atoms with E-state index in [-0.39, 0.29) is 26.1 Å². The molecule has 0 saturated carbocycles. The highest BCUT2D eigenvalue weighted by atomic mass is 31.2. The number of rotatable bonds is 36. The largest absolute Gasteiger partial charge is 0.756 e. The normalized spacial score (nSPS) is 13.9. The highest BCUT2D eigenvalue weighted by molar-refractivity contribution is 7.45. The minimum absolute atomic E-state index is 0.0452. The maximum atomic E-state index is 12.6. The number of nitrogens with zero attached hydrogens (tertiary/aromatic N) is 1. The van der Waals surface area contributed by atoms with Crippen molar-refractivity contribution >= 4 is 26.0 Å². The molecule has 0 amide bonds. The van der Waals surface area contributed by atoms with Crippen LogP contribution in [0.2, 0.25) is 0 Å². The van der Waals surface area contributed by atoms with E-state index in [1.807, 2.05) is 33.3 Å². The first kappa shape index (κ1) is 48.2. The van der Waals surface area contributed by atoms with Gasteiger partial charge in [0.25, 0.3) is 7.82 Å². The average molecular weight is 730 g/mol. The van der Waals surface area contributed by atoms with Gasteiger partial charge in [0.1, 0.15) is 26.0 Å². The predicted octanol–water partition coefficient (Wildman–Crippen LogP) is 8.95. The molecule has 292 valence electrons. The molecule has 0 N–H and O–H groups in total. The fourth-order valence-electron chi connectivity index (χ4n) is 5.24. The SMILES string of the molecule is CCCCCCCCCCCCCCCCCC(=O)OC[C@H](COP(=O)([O-])OCC[N+](C)(C)C)OC(=O)CCCCCCC/C=C\C=C\C=O. The van der Waals surface area contributed by atoms with Crippen molar-refractivity contribution < 1.29 is 46.8 Å². The van der Waals surface area contributed by atoms with E-state index in [1.165, 1.54) is 83.1 Å². The molecule has 11 heteroatoms. The van der Waals surface area contributed by atoms with Crippen molar-refractivity contribution in [2.24, 2.45) is 0 Å². The summed E-state index contributed by atoms with van der Waals surface area (Å²) >= 11 is 0. The number of hydrogen-bond acceptors (Lipinski definition) is 9. The summed E-state index contributed by atoms with van der Waals surface area (Å²) in [4.78, 5) is 47.5. The molecular weight excluding hydrogens is 657 g/mol. The van der Waals surface area contributed by atoms with Crippen LogP contribution in [0, 0.1) is 0 Å². The van der Waals surface area contributed by atoms with Crippen molar-refractivity contribution in [2.45, 2.75) is 161 Å². The van der Waals surface area contributed by atoms with Gasteiger partial charge in [-0.25, -0.2) is 0 Å². The zero-order chi connectivity index (χ0) is 37.2. The maximum Gasteiger partial charge on any atom is 0.306 e. The number of hydrogen-bond donors (Lipinski definition) is 0. The van der Waals surface area contributed by atoms with Crippen LogP contribution >= 0.6 is 7.82 Å². The molecule has 10 nitrogen and oxygen atoms in total. The third kappa shape index (κ3) is 36.0. The minimum atomic E-state index is -4.63. The number of esters is 2. The Hall–Kier alpha value is -1.84. The molecule has 50 heavy (non-hydrogen) atoms. The Morgan fingerprint density at radius 2 is 1.16 bits per heavy atom. The molecule has 0 aromatic rings. The van der Waals surface area contributed by atoms with Crippen LogP contribution in [0.3, 0.4) is 0 Å². The Labute approximate surface area is 304 Å². The molecule has 0 fully saturated rings. The Bertz CT molecular complexity index is 948. The van der Waals surface area contributed by atoms with Crippen LogP contribution in [-0.4, -0.2) is 76.3 Å². The molecule has 0 bridgehead atoms. The van der Waals surface area contributed by atoms with Crippen LogP contribution in [0.1, 0.15) is 155 Å². The van der Waals surface area contributed by atoms with E-state index in [1.54, 1.807) is 6.08 Å². The van der Waals surface area contributed by atoms with Gasteiger partial charge < -0.3 is 27.9 Å². The van der Waals surface area contributed by atoms with Gasteiger partial charge in [-0.2, -0.15) is 0 Å². The summed E-state index contributed by atoms with van der Waals surface area (Å²) in [7, 11) is 1.11. The van der Waals surface area contributed by atoms with Crippen LogP contribution in [0.5, 0.6) is 0 Å². The summed E-state index contributed by atoms with van der Waals surface area (Å²) in [5.41, 5.74) is 0. The highest BCUT2D eigenvalue weighted by Gasteiger charge is 2.21. The number of ether oxygens (including phenoxy) is 2. The number of allylic oxidation sites excluding steroid dienone is 4. The van der Waals surface area contributed by atoms with Crippen molar-refractivity contribution in [3.8, 4) is 0 Å². The third-order valence-electron chi connectivity index (χ3n) is 8.33. The second kappa shape index (κ2) is 33.0. The highest BCUT2D eigenvalue weighted by Crippen LogP contribution is 2.38. The van der Waals surface area contributed by atoms with Crippen LogP contribution in [0.15, 0.2) is 24.3 Å². The predicted molar refractivity (Wildman–Crippen MR) is 199 cm³/mol. The van der Waals surface area contributed by atoms with E-state index in [4.69, 9.17) is 18.5 Å². The van der Waals surface area contributed by atoms with E-state index in [0.29, 0.717) is 17.4 Å². The molecule has 0 heterocycles. The molecule has 0 aromatic carbocycles. The summed E-state index contributed by atoms with van der Waals surface area (Å²) in [5.74, 6) is -0.895. The lowest BCUT2D eigenvalue weighted by molar-refractivity contribution is -0.870. The van der Waals surface area contributed by atoms with E-state index in [2.05, 4.69) is 6.92 Å². The van der Waals surface area contributed by atoms with Gasteiger partial charge in [0.2, 0.25) is 0 Å². The lowest BCUT2D eigenvalue weighted by Crippen LogP contribution is -2.37. The molecule has 0 radical (unpaired) electrons. The van der Waals surface area contributed by atoms with Crippen molar-refractivity contribution in [1.29, 1.82) is 0 Å². The number of carbonyl (C=O) groups is 3. The number of carbonyl (C=O) groups excluding carboxylic acids is 3. The number of phosphoric ester groups is 1. The van der Waals surface area contributed by atoms with Crippen LogP contribution in [-0.2, 0) is 37.5 Å². The molecule has 0 aliphatic carbocycles. The molecule has 0 saturated heterocycles. The molecular formula is C39H72NO9P. The van der Waals surface area contributed by atoms with Crippen LogP contribution in [0.25, 0.3) is 0 Å². The van der Waals surface area contributed by atoms with E-state index in [0.717, 1.165) is 57.7 Å². The molecule has 0 rings (SSSR count). The van der Waals surface area contributed by atoms with Gasteiger partial charge in [-0.1, -0.05) is 134 Å². The fraction of sp³-hybridized carbons (Fsp3) is 0.821. The fourth-order valence-corrected chi connectivity index (χ4v) is 5.97. The topological polar surface area (TPSA) is 128 Å². The number of aldehydes is 1. The summed E-state index contributed by atoms with van der Waals surface area (Å²) < 4.78 is 33.6. The number of likely N-dealkylation sites (N-methyl/N-ethyl adjacent to an activating group) is 1. The smallest absolute Gasteiger partial charge is 0.306 e. The van der Waals surface area contributed by atoms with Gasteiger partial charge in [0.05, 0.1) is 27.7 Å². The van der Waals surface area contributed by atoms with Crippen molar-refractivity contribution in [2.75, 3.05) is 47.5 Å². The van der Waals surface area contributed by atoms with Gasteiger partial charge in [0, 0.05) is 12.8 Å². The first-order valence-corrected chi connectivity index (χ1v) is 21.0. The molecule has 2 atom stereocenters.